The van der Waals surface area contributed by atoms with Gasteiger partial charge in [-0.3, -0.25) is 4.79 Å². The largest absolute Gasteiger partial charge is 0.504 e. The van der Waals surface area contributed by atoms with Crippen LogP contribution in [-0.4, -0.2) is 38.5 Å². The van der Waals surface area contributed by atoms with E-state index < -0.39 is 0 Å². The molecule has 0 atom stereocenters. The van der Waals surface area contributed by atoms with Gasteiger partial charge in [-0.15, -0.1) is 0 Å². The van der Waals surface area contributed by atoms with Crippen LogP contribution in [0.5, 0.6) is 28.7 Å². The van der Waals surface area contributed by atoms with Gasteiger partial charge in [-0.05, 0) is 12.1 Å². The fourth-order valence-corrected chi connectivity index (χ4v) is 2.81. The number of phenols is 1. The molecule has 0 unspecified atom stereocenters. The average molecular weight is 331 g/mol. The lowest BCUT2D eigenvalue weighted by molar-refractivity contribution is 0.335. The molecule has 1 heterocycles. The average Bonchev–Trinajstić information content (AvgIpc) is 2.60. The summed E-state index contributed by atoms with van der Waals surface area (Å²) < 4.78 is 21.0. The first-order valence-electron chi connectivity index (χ1n) is 7.12. The van der Waals surface area contributed by atoms with Crippen LogP contribution in [0.2, 0.25) is 0 Å². The van der Waals surface area contributed by atoms with Gasteiger partial charge in [-0.1, -0.05) is 0 Å². The van der Waals surface area contributed by atoms with E-state index >= 15 is 0 Å². The summed E-state index contributed by atoms with van der Waals surface area (Å²) in [5, 5.41) is 10.9. The number of rotatable bonds is 4. The normalized spacial score (nSPS) is 10.8. The topological polar surface area (TPSA) is 90.0 Å². The number of aromatic amines is 1. The van der Waals surface area contributed by atoms with Crippen molar-refractivity contribution in [1.82, 2.24) is 4.98 Å². The highest BCUT2D eigenvalue weighted by molar-refractivity contribution is 6.00. The number of fused-ring (bicyclic) bond motifs is 2. The maximum Gasteiger partial charge on any atom is 0.203 e. The van der Waals surface area contributed by atoms with E-state index in [9.17, 15) is 9.90 Å². The van der Waals surface area contributed by atoms with E-state index in [2.05, 4.69) is 4.98 Å². The van der Waals surface area contributed by atoms with Crippen molar-refractivity contribution in [2.45, 2.75) is 0 Å². The van der Waals surface area contributed by atoms with Crippen molar-refractivity contribution in [3.63, 3.8) is 0 Å². The molecule has 0 saturated heterocycles. The molecule has 3 aromatic rings. The molecular formula is C17H17NO6. The Morgan fingerprint density at radius 2 is 1.58 bits per heavy atom. The third-order valence-electron chi connectivity index (χ3n) is 3.92. The maximum atomic E-state index is 12.9. The van der Waals surface area contributed by atoms with Crippen LogP contribution in [0.3, 0.4) is 0 Å². The number of hydrogen-bond acceptors (Lipinski definition) is 6. The zero-order chi connectivity index (χ0) is 17.4. The van der Waals surface area contributed by atoms with Gasteiger partial charge in [0.25, 0.3) is 0 Å². The summed E-state index contributed by atoms with van der Waals surface area (Å²) in [6.45, 7) is 0. The number of ether oxygens (including phenoxy) is 4. The Morgan fingerprint density at radius 1 is 0.917 bits per heavy atom. The summed E-state index contributed by atoms with van der Waals surface area (Å²) >= 11 is 0. The number of phenolic OH excluding ortho intramolecular Hbond substituents is 1. The number of H-pyrrole nitrogens is 1. The molecule has 0 aliphatic carbocycles. The van der Waals surface area contributed by atoms with Crippen LogP contribution >= 0.6 is 0 Å². The molecular weight excluding hydrogens is 314 g/mol. The second kappa shape index (κ2) is 5.84. The molecule has 2 N–H and O–H groups in total. The summed E-state index contributed by atoms with van der Waals surface area (Å²) in [5.41, 5.74) is 0.522. The number of benzene rings is 2. The molecule has 0 spiro atoms. The number of methoxy groups -OCH3 is 4. The van der Waals surface area contributed by atoms with E-state index in [1.165, 1.54) is 28.4 Å². The van der Waals surface area contributed by atoms with Gasteiger partial charge in [0.2, 0.25) is 11.2 Å². The predicted octanol–water partition coefficient (Wildman–Crippen LogP) is 2.42. The lowest BCUT2D eigenvalue weighted by atomic mass is 10.1. The van der Waals surface area contributed by atoms with Crippen molar-refractivity contribution < 1.29 is 24.1 Å². The van der Waals surface area contributed by atoms with Gasteiger partial charge in [0.15, 0.2) is 23.0 Å². The van der Waals surface area contributed by atoms with Crippen LogP contribution in [0.15, 0.2) is 23.0 Å². The number of nitrogens with one attached hydrogen (secondary N) is 1. The Labute approximate surface area is 137 Å². The van der Waals surface area contributed by atoms with Gasteiger partial charge in [-0.25, -0.2) is 0 Å². The number of aromatic hydroxyl groups is 1. The van der Waals surface area contributed by atoms with Crippen LogP contribution in [0, 0.1) is 0 Å². The van der Waals surface area contributed by atoms with Crippen molar-refractivity contribution >= 4 is 21.8 Å². The minimum Gasteiger partial charge on any atom is -0.504 e. The van der Waals surface area contributed by atoms with Gasteiger partial charge < -0.3 is 29.0 Å². The molecule has 2 aromatic carbocycles. The number of aromatic nitrogens is 1. The van der Waals surface area contributed by atoms with Crippen molar-refractivity contribution in [1.29, 1.82) is 0 Å². The summed E-state index contributed by atoms with van der Waals surface area (Å²) in [4.78, 5) is 16.0. The van der Waals surface area contributed by atoms with Gasteiger partial charge in [0.1, 0.15) is 0 Å². The van der Waals surface area contributed by atoms with Crippen molar-refractivity contribution in [2.24, 2.45) is 0 Å². The lowest BCUT2D eigenvalue weighted by Crippen LogP contribution is -2.07. The Morgan fingerprint density at radius 3 is 2.17 bits per heavy atom. The second-order valence-electron chi connectivity index (χ2n) is 5.06. The molecule has 7 nitrogen and oxygen atoms in total. The van der Waals surface area contributed by atoms with E-state index in [0.717, 1.165) is 0 Å². The molecule has 3 rings (SSSR count). The quantitative estimate of drug-likeness (QED) is 0.714. The Kier molecular flexibility index (Phi) is 3.84. The number of hydrogen-bond donors (Lipinski definition) is 2. The van der Waals surface area contributed by atoms with Crippen molar-refractivity contribution in [3.8, 4) is 28.7 Å². The molecule has 0 fully saturated rings. The van der Waals surface area contributed by atoms with Gasteiger partial charge in [0, 0.05) is 6.07 Å². The zero-order valence-corrected chi connectivity index (χ0v) is 13.7. The highest BCUT2D eigenvalue weighted by Crippen LogP contribution is 2.42. The van der Waals surface area contributed by atoms with Gasteiger partial charge in [0.05, 0.1) is 50.2 Å². The fraction of sp³-hybridized carbons (Fsp3) is 0.235. The predicted molar refractivity (Wildman–Crippen MR) is 89.9 cm³/mol. The zero-order valence-electron chi connectivity index (χ0n) is 13.7. The second-order valence-corrected chi connectivity index (χ2v) is 5.06. The highest BCUT2D eigenvalue weighted by atomic mass is 16.5. The van der Waals surface area contributed by atoms with Crippen LogP contribution in [0.1, 0.15) is 0 Å². The maximum absolute atomic E-state index is 12.9. The first-order valence-corrected chi connectivity index (χ1v) is 7.12. The first-order chi connectivity index (χ1) is 11.6. The van der Waals surface area contributed by atoms with Gasteiger partial charge in [-0.2, -0.15) is 0 Å². The molecule has 0 radical (unpaired) electrons. The highest BCUT2D eigenvalue weighted by Gasteiger charge is 2.20. The summed E-state index contributed by atoms with van der Waals surface area (Å²) in [6, 6.07) is 4.85. The third kappa shape index (κ3) is 2.09. The first kappa shape index (κ1) is 15.8. The molecule has 0 aliphatic heterocycles. The van der Waals surface area contributed by atoms with Crippen LogP contribution in [0.25, 0.3) is 21.8 Å². The lowest BCUT2D eigenvalue weighted by Gasteiger charge is -2.14. The Bertz CT molecular complexity index is 992. The molecule has 0 bridgehead atoms. The minimum absolute atomic E-state index is 0.107. The standard InChI is InChI=1S/C17H17NO6/c1-21-10-6-5-8-13(16(10)23-3)18-9-7-11(22-2)17(24-4)15(20)12(9)14(8)19/h5-7,20H,1-4H3,(H,18,19). The SMILES string of the molecule is COc1cc2[nH]c3c(OC)c(OC)ccc3c(=O)c2c(O)c1OC. The Balaban J connectivity index is 2.54. The number of pyridine rings is 1. The molecule has 24 heavy (non-hydrogen) atoms. The molecule has 0 aliphatic rings. The van der Waals surface area contributed by atoms with Crippen molar-refractivity contribution in [2.75, 3.05) is 28.4 Å². The van der Waals surface area contributed by atoms with E-state index in [1.807, 2.05) is 0 Å². The van der Waals surface area contributed by atoms with E-state index in [4.69, 9.17) is 18.9 Å². The smallest absolute Gasteiger partial charge is 0.203 e. The van der Waals surface area contributed by atoms with E-state index in [0.29, 0.717) is 33.7 Å². The summed E-state index contributed by atoms with van der Waals surface area (Å²) in [7, 11) is 5.85. The van der Waals surface area contributed by atoms with Gasteiger partial charge >= 0.3 is 0 Å². The van der Waals surface area contributed by atoms with Crippen LogP contribution < -0.4 is 24.4 Å². The van der Waals surface area contributed by atoms with E-state index in [-0.39, 0.29) is 22.3 Å². The molecule has 1 aromatic heterocycles. The Hall–Kier alpha value is -3.09. The summed E-state index contributed by atoms with van der Waals surface area (Å²) in [6.07, 6.45) is 0. The fourth-order valence-electron chi connectivity index (χ4n) is 2.81. The molecule has 126 valence electrons. The molecule has 7 heteroatoms. The van der Waals surface area contributed by atoms with Crippen LogP contribution in [-0.2, 0) is 0 Å². The monoisotopic (exact) mass is 331 g/mol. The minimum atomic E-state index is -0.349. The van der Waals surface area contributed by atoms with Crippen LogP contribution in [0.4, 0.5) is 0 Å². The molecule has 0 amide bonds. The molecule has 0 saturated carbocycles. The third-order valence-corrected chi connectivity index (χ3v) is 3.92. The van der Waals surface area contributed by atoms with Crippen molar-refractivity contribution in [3.05, 3.63) is 28.4 Å². The van der Waals surface area contributed by atoms with E-state index in [1.54, 1.807) is 18.2 Å². The summed E-state index contributed by atoms with van der Waals surface area (Å²) in [5.74, 6) is 1.03.